The number of alkyl carbamates (subject to hydrolysis) is 2. The second-order valence-electron chi connectivity index (χ2n) is 18.1. The van der Waals surface area contributed by atoms with Crippen LogP contribution < -0.4 is 10.6 Å². The first kappa shape index (κ1) is 45.0. The Morgan fingerprint density at radius 3 is 1.51 bits per heavy atom. The lowest BCUT2D eigenvalue weighted by atomic mass is 9.90. The number of carbonyl (C=O) groups excluding carboxylic acids is 4. The number of fused-ring (bicyclic) bond motifs is 1. The molecule has 18 heteroatoms. The number of rotatable bonds is 11. The number of aromatic amines is 2. The molecule has 0 spiro atoms. The molecule has 2 aromatic heterocycles. The van der Waals surface area contributed by atoms with Crippen LogP contribution in [0.15, 0.2) is 48.5 Å². The van der Waals surface area contributed by atoms with Crippen LogP contribution in [-0.2, 0) is 28.5 Å². The van der Waals surface area contributed by atoms with E-state index in [-0.39, 0.29) is 53.7 Å². The largest absolute Gasteiger partial charge is 0.453 e. The number of carbonyl (C=O) groups is 4. The van der Waals surface area contributed by atoms with Crippen molar-refractivity contribution in [3.05, 3.63) is 70.5 Å². The minimum absolute atomic E-state index is 0.0595. The summed E-state index contributed by atoms with van der Waals surface area (Å²) in [6.07, 6.45) is 3.76. The van der Waals surface area contributed by atoms with E-state index in [0.717, 1.165) is 35.1 Å². The van der Waals surface area contributed by atoms with Gasteiger partial charge in [0.25, 0.3) is 0 Å². The second kappa shape index (κ2) is 19.0. The quantitative estimate of drug-likeness (QED) is 0.116. The van der Waals surface area contributed by atoms with Gasteiger partial charge in [0.05, 0.1) is 26.3 Å². The van der Waals surface area contributed by atoms with Gasteiger partial charge in [0, 0.05) is 49.6 Å². The standard InChI is InChI=1S/C47H56Cl2N8O8/c1-24-21-34(56(25(24)2)44(58)38(52-46(60)62-3)30-13-17-64-18-14-30)42-50-36(40(48)54-42)28-9-5-26(6-10-28)27-7-11-29(12-8-27)37-41(49)55-43(51-37)35-23-32-22-33(32)57(35)45(59)39(53-47(61)63-4)31-15-19-65-20-16-31/h5-12,24-25,30-35,38-39H,13-23H2,1-4H3,(H,50,54)(H,51,55)(H,52,60)(H,53,61)/t24-,25?,32-,33-,34+,35+,38+,39+/m1/s1. The van der Waals surface area contributed by atoms with Crippen molar-refractivity contribution in [2.45, 2.75) is 95.0 Å². The van der Waals surface area contributed by atoms with Gasteiger partial charge in [-0.05, 0) is 86.7 Å². The van der Waals surface area contributed by atoms with Gasteiger partial charge >= 0.3 is 12.2 Å². The first-order valence-electron chi connectivity index (χ1n) is 22.6. The van der Waals surface area contributed by atoms with Crippen LogP contribution in [0.3, 0.4) is 0 Å². The molecule has 1 aliphatic carbocycles. The number of hydrogen-bond acceptors (Lipinski definition) is 10. The second-order valence-corrected chi connectivity index (χ2v) is 18.9. The summed E-state index contributed by atoms with van der Waals surface area (Å²) >= 11 is 13.7. The van der Waals surface area contributed by atoms with Gasteiger partial charge in [0.2, 0.25) is 11.8 Å². The fourth-order valence-electron chi connectivity index (χ4n) is 10.5. The zero-order chi connectivity index (χ0) is 45.5. The number of aromatic nitrogens is 4. The van der Waals surface area contributed by atoms with Crippen LogP contribution in [0.5, 0.6) is 0 Å². The lowest BCUT2D eigenvalue weighted by molar-refractivity contribution is -0.139. The van der Waals surface area contributed by atoms with Gasteiger partial charge < -0.3 is 49.3 Å². The lowest BCUT2D eigenvalue weighted by Crippen LogP contribution is -2.54. The number of imidazole rings is 2. The van der Waals surface area contributed by atoms with Crippen LogP contribution in [0.1, 0.15) is 82.5 Å². The van der Waals surface area contributed by atoms with Crippen LogP contribution in [0.25, 0.3) is 33.6 Å². The SMILES string of the molecule is COC(=O)N[C@H](C(=O)N1C(C)[C@H](C)C[C@H]1c1nc(-c2ccc(-c3ccc(-c4nc([C@@H]5C[C@H]6C[C@H]6N5C(=O)[C@@H](NC(=O)OC)C5CCOCC5)[nH]c4Cl)cc3)cc2)c(Cl)[nH]1)C1CCOCC1. The average Bonchev–Trinajstić information content (AvgIpc) is 3.57. The van der Waals surface area contributed by atoms with Gasteiger partial charge in [-0.25, -0.2) is 19.6 Å². The zero-order valence-electron chi connectivity index (χ0n) is 37.0. The van der Waals surface area contributed by atoms with Gasteiger partial charge in [0.1, 0.15) is 45.4 Å². The van der Waals surface area contributed by atoms with E-state index in [9.17, 15) is 19.2 Å². The molecule has 346 valence electrons. The van der Waals surface area contributed by atoms with Crippen molar-refractivity contribution in [1.82, 2.24) is 40.4 Å². The molecule has 4 N–H and O–H groups in total. The molecule has 1 saturated carbocycles. The number of nitrogens with one attached hydrogen (secondary N) is 4. The highest BCUT2D eigenvalue weighted by Gasteiger charge is 2.57. The number of ether oxygens (including phenoxy) is 4. The first-order chi connectivity index (χ1) is 31.4. The van der Waals surface area contributed by atoms with Crippen molar-refractivity contribution in [2.24, 2.45) is 23.7 Å². The molecule has 9 rings (SSSR count). The summed E-state index contributed by atoms with van der Waals surface area (Å²) in [6.45, 7) is 6.29. The summed E-state index contributed by atoms with van der Waals surface area (Å²) in [5.41, 5.74) is 4.78. The highest BCUT2D eigenvalue weighted by molar-refractivity contribution is 6.32. The van der Waals surface area contributed by atoms with E-state index in [1.54, 1.807) is 0 Å². The van der Waals surface area contributed by atoms with Crippen molar-refractivity contribution in [1.29, 1.82) is 0 Å². The van der Waals surface area contributed by atoms with Crippen LogP contribution in [0, 0.1) is 23.7 Å². The maximum absolute atomic E-state index is 14.4. The zero-order valence-corrected chi connectivity index (χ0v) is 38.5. The molecule has 5 aliphatic rings. The van der Waals surface area contributed by atoms with Crippen LogP contribution in [-0.4, -0.2) is 119 Å². The lowest BCUT2D eigenvalue weighted by Gasteiger charge is -2.36. The number of amides is 4. The Balaban J connectivity index is 0.896. The normalized spacial score (nSPS) is 25.4. The molecular formula is C47H56Cl2N8O8. The number of halogens is 2. The van der Waals surface area contributed by atoms with Gasteiger partial charge in [-0.1, -0.05) is 78.7 Å². The molecule has 4 aliphatic heterocycles. The monoisotopic (exact) mass is 930 g/mol. The molecule has 2 aromatic carbocycles. The predicted molar refractivity (Wildman–Crippen MR) is 242 cm³/mol. The summed E-state index contributed by atoms with van der Waals surface area (Å²) in [4.78, 5) is 73.8. The molecule has 6 heterocycles. The van der Waals surface area contributed by atoms with Gasteiger partial charge in [-0.15, -0.1) is 0 Å². The molecular weight excluding hydrogens is 875 g/mol. The van der Waals surface area contributed by atoms with Crippen molar-refractivity contribution >= 4 is 47.2 Å². The van der Waals surface area contributed by atoms with Crippen molar-refractivity contribution in [3.8, 4) is 33.6 Å². The van der Waals surface area contributed by atoms with Gasteiger partial charge in [0.15, 0.2) is 0 Å². The van der Waals surface area contributed by atoms with E-state index >= 15 is 0 Å². The minimum atomic E-state index is -0.757. The molecule has 0 bridgehead atoms. The third-order valence-corrected chi connectivity index (χ3v) is 14.9. The Morgan fingerprint density at radius 2 is 1.06 bits per heavy atom. The van der Waals surface area contributed by atoms with Crippen LogP contribution >= 0.6 is 23.2 Å². The maximum Gasteiger partial charge on any atom is 0.407 e. The molecule has 8 atom stereocenters. The molecule has 16 nitrogen and oxygen atoms in total. The molecule has 1 unspecified atom stereocenters. The maximum atomic E-state index is 14.4. The Kier molecular flexibility index (Phi) is 13.1. The number of H-pyrrole nitrogens is 2. The number of piperidine rings is 1. The van der Waals surface area contributed by atoms with Crippen LogP contribution in [0.4, 0.5) is 9.59 Å². The van der Waals surface area contributed by atoms with E-state index in [1.165, 1.54) is 14.2 Å². The van der Waals surface area contributed by atoms with E-state index in [0.29, 0.717) is 97.8 Å². The predicted octanol–water partition coefficient (Wildman–Crippen LogP) is 7.70. The third kappa shape index (κ3) is 9.06. The van der Waals surface area contributed by atoms with Crippen molar-refractivity contribution < 1.29 is 38.1 Å². The Hall–Kier alpha value is -5.16. The average molecular weight is 932 g/mol. The highest BCUT2D eigenvalue weighted by Crippen LogP contribution is 2.54. The summed E-state index contributed by atoms with van der Waals surface area (Å²) < 4.78 is 20.9. The van der Waals surface area contributed by atoms with Gasteiger partial charge in [-0.3, -0.25) is 9.59 Å². The first-order valence-corrected chi connectivity index (χ1v) is 23.4. The smallest absolute Gasteiger partial charge is 0.407 e. The number of likely N-dealkylation sites (tertiary alicyclic amines) is 2. The van der Waals surface area contributed by atoms with Crippen molar-refractivity contribution in [3.63, 3.8) is 0 Å². The van der Waals surface area contributed by atoms with Crippen molar-refractivity contribution in [2.75, 3.05) is 40.6 Å². The molecule has 4 amide bonds. The summed E-state index contributed by atoms with van der Waals surface area (Å²) in [7, 11) is 2.60. The number of nitrogens with zero attached hydrogens (tertiary/aromatic N) is 4. The molecule has 0 radical (unpaired) electrons. The molecule has 4 saturated heterocycles. The fourth-order valence-corrected chi connectivity index (χ4v) is 11.0. The van der Waals surface area contributed by atoms with E-state index in [1.807, 2.05) is 65.3 Å². The summed E-state index contributed by atoms with van der Waals surface area (Å²) in [5, 5.41) is 6.43. The fraction of sp³-hybridized carbons (Fsp3) is 0.532. The third-order valence-electron chi connectivity index (χ3n) is 14.4. The summed E-state index contributed by atoms with van der Waals surface area (Å²) in [5.74, 6) is 1.34. The van der Waals surface area contributed by atoms with E-state index in [4.69, 9.17) is 52.1 Å². The topological polar surface area (TPSA) is 193 Å². The number of methoxy groups -OCH3 is 2. The van der Waals surface area contributed by atoms with Gasteiger partial charge in [-0.2, -0.15) is 0 Å². The Bertz CT molecular complexity index is 2380. The molecule has 4 aromatic rings. The molecule has 5 fully saturated rings. The van der Waals surface area contributed by atoms with E-state index < -0.39 is 24.3 Å². The van der Waals surface area contributed by atoms with E-state index in [2.05, 4.69) is 27.5 Å². The van der Waals surface area contributed by atoms with Crippen LogP contribution in [0.2, 0.25) is 10.3 Å². The summed E-state index contributed by atoms with van der Waals surface area (Å²) in [6, 6.07) is 13.8. The number of hydrogen-bond donors (Lipinski definition) is 4. The molecule has 65 heavy (non-hydrogen) atoms. The number of benzene rings is 2. The highest BCUT2D eigenvalue weighted by atomic mass is 35.5. The minimum Gasteiger partial charge on any atom is -0.453 e. The Morgan fingerprint density at radius 1 is 0.646 bits per heavy atom. The Labute approximate surface area is 387 Å².